The normalized spacial score (nSPS) is 19.1. The largest absolute Gasteiger partial charge is 0.525 e. The van der Waals surface area contributed by atoms with Gasteiger partial charge in [-0.15, -0.1) is 5.06 Å². The average molecular weight is 483 g/mol. The van der Waals surface area contributed by atoms with E-state index >= 15 is 0 Å². The number of aliphatic imine (C=N–C) groups is 1. The maximum Gasteiger partial charge on any atom is 0.525 e. The minimum absolute atomic E-state index is 0.120. The van der Waals surface area contributed by atoms with Crippen LogP contribution in [-0.2, 0) is 16.2 Å². The zero-order valence-electron chi connectivity index (χ0n) is 18.9. The summed E-state index contributed by atoms with van der Waals surface area (Å²) in [6.07, 6.45) is 2.11. The first kappa shape index (κ1) is 22.7. The number of rotatable bonds is 7. The van der Waals surface area contributed by atoms with Crippen molar-refractivity contribution in [2.24, 2.45) is 4.99 Å². The lowest BCUT2D eigenvalue weighted by atomic mass is 10.1. The van der Waals surface area contributed by atoms with Crippen molar-refractivity contribution in [2.75, 3.05) is 49.3 Å². The first-order chi connectivity index (χ1) is 17.0. The number of ether oxygens (including phenoxy) is 2. The van der Waals surface area contributed by atoms with E-state index < -0.39 is 6.16 Å². The molecule has 1 aromatic carbocycles. The summed E-state index contributed by atoms with van der Waals surface area (Å²) in [5.74, 6) is 2.33. The number of hydrogen-bond acceptors (Lipinski definition) is 11. The van der Waals surface area contributed by atoms with Gasteiger partial charge in [0.2, 0.25) is 18.6 Å². The van der Waals surface area contributed by atoms with Gasteiger partial charge in [-0.25, -0.2) is 9.78 Å². The van der Waals surface area contributed by atoms with Gasteiger partial charge in [0.25, 0.3) is 0 Å². The molecular formula is C22H25N7O6. The van der Waals surface area contributed by atoms with Crippen molar-refractivity contribution < 1.29 is 29.0 Å². The van der Waals surface area contributed by atoms with Crippen LogP contribution < -0.4 is 24.6 Å². The molecule has 1 saturated heterocycles. The van der Waals surface area contributed by atoms with Crippen LogP contribution in [0.3, 0.4) is 0 Å². The van der Waals surface area contributed by atoms with Crippen molar-refractivity contribution in [3.63, 3.8) is 0 Å². The number of benzene rings is 1. The highest BCUT2D eigenvalue weighted by molar-refractivity contribution is 5.78. The van der Waals surface area contributed by atoms with E-state index in [9.17, 15) is 9.59 Å². The average Bonchev–Trinajstić information content (AvgIpc) is 3.55. The number of anilines is 2. The quantitative estimate of drug-likeness (QED) is 0.579. The number of carbonyl (C=O) groups excluding carboxylic acids is 1. The monoisotopic (exact) mass is 483 g/mol. The van der Waals surface area contributed by atoms with Crippen molar-refractivity contribution in [2.45, 2.75) is 19.0 Å². The second kappa shape index (κ2) is 10.0. The fourth-order valence-electron chi connectivity index (χ4n) is 4.20. The molecule has 184 valence electrons. The summed E-state index contributed by atoms with van der Waals surface area (Å²) < 4.78 is 10.7. The van der Waals surface area contributed by atoms with Gasteiger partial charge in [-0.3, -0.25) is 14.7 Å². The van der Waals surface area contributed by atoms with Crippen LogP contribution in [0.15, 0.2) is 35.5 Å². The lowest BCUT2D eigenvalue weighted by Crippen LogP contribution is -2.55. The third kappa shape index (κ3) is 5.35. The molecule has 2 N–H and O–H groups in total. The maximum atomic E-state index is 12.9. The van der Waals surface area contributed by atoms with Crippen LogP contribution in [0.25, 0.3) is 0 Å². The Labute approximate surface area is 200 Å². The highest BCUT2D eigenvalue weighted by Gasteiger charge is 2.32. The first-order valence-electron chi connectivity index (χ1n) is 11.2. The van der Waals surface area contributed by atoms with E-state index in [-0.39, 0.29) is 31.7 Å². The van der Waals surface area contributed by atoms with E-state index in [1.54, 1.807) is 18.6 Å². The molecule has 2 aromatic rings. The van der Waals surface area contributed by atoms with E-state index in [0.717, 1.165) is 5.56 Å². The SMILES string of the molecule is O=C(CC1CN(OC(=O)O)CCN1c1ccnc(N2C=NCC2)n1)NCc1ccc2c(c1)OCO2. The smallest absolute Gasteiger partial charge is 0.454 e. The Bertz CT molecular complexity index is 1130. The second-order valence-electron chi connectivity index (χ2n) is 8.19. The number of carboxylic acid groups (broad SMARTS) is 1. The minimum Gasteiger partial charge on any atom is -0.454 e. The van der Waals surface area contributed by atoms with Crippen molar-refractivity contribution >= 4 is 30.2 Å². The highest BCUT2D eigenvalue weighted by atomic mass is 16.8. The van der Waals surface area contributed by atoms with Crippen molar-refractivity contribution in [1.82, 2.24) is 20.3 Å². The summed E-state index contributed by atoms with van der Waals surface area (Å²) in [5.41, 5.74) is 0.881. The molecule has 1 aromatic heterocycles. The molecule has 1 atom stereocenters. The van der Waals surface area contributed by atoms with Gasteiger partial charge < -0.3 is 29.6 Å². The zero-order chi connectivity index (χ0) is 24.2. The van der Waals surface area contributed by atoms with Crippen LogP contribution in [0.2, 0.25) is 0 Å². The lowest BCUT2D eigenvalue weighted by molar-refractivity contribution is -0.133. The summed E-state index contributed by atoms with van der Waals surface area (Å²) in [6, 6.07) is 6.93. The molecule has 0 bridgehead atoms. The predicted octanol–water partition coefficient (Wildman–Crippen LogP) is 0.860. The molecule has 0 spiro atoms. The molecule has 5 rings (SSSR count). The summed E-state index contributed by atoms with van der Waals surface area (Å²) in [5, 5.41) is 13.3. The Hall–Kier alpha value is -4.13. The standard InChI is InChI=1S/C22H25N7O6/c30-20(25-11-15-1-2-17-18(9-15)34-14-33-17)10-16-12-28(35-22(31)32)7-8-29(16)19-3-4-24-21(26-19)27-6-5-23-13-27/h1-4,9,13,16H,5-8,10-12,14H2,(H,25,30)(H,31,32). The van der Waals surface area contributed by atoms with E-state index in [0.29, 0.717) is 56.0 Å². The second-order valence-corrected chi connectivity index (χ2v) is 8.19. The Morgan fingerprint density at radius 2 is 2.06 bits per heavy atom. The highest BCUT2D eigenvalue weighted by Crippen LogP contribution is 2.32. The molecule has 13 nitrogen and oxygen atoms in total. The number of piperazine rings is 1. The van der Waals surface area contributed by atoms with Crippen LogP contribution >= 0.6 is 0 Å². The number of amides is 1. The Morgan fingerprint density at radius 3 is 2.89 bits per heavy atom. The number of hydroxylamine groups is 2. The van der Waals surface area contributed by atoms with Crippen molar-refractivity contribution in [3.8, 4) is 11.5 Å². The predicted molar refractivity (Wildman–Crippen MR) is 124 cm³/mol. The van der Waals surface area contributed by atoms with Crippen LogP contribution in [0.1, 0.15) is 12.0 Å². The van der Waals surface area contributed by atoms with Crippen LogP contribution in [0.5, 0.6) is 11.5 Å². The van der Waals surface area contributed by atoms with Gasteiger partial charge in [0.05, 0.1) is 32.0 Å². The summed E-state index contributed by atoms with van der Waals surface area (Å²) >= 11 is 0. The number of fused-ring (bicyclic) bond motifs is 1. The van der Waals surface area contributed by atoms with Gasteiger partial charge in [-0.05, 0) is 23.8 Å². The first-order valence-corrected chi connectivity index (χ1v) is 11.2. The topological polar surface area (TPSA) is 142 Å². The summed E-state index contributed by atoms with van der Waals surface area (Å²) in [4.78, 5) is 45.9. The molecule has 3 aliphatic heterocycles. The van der Waals surface area contributed by atoms with Gasteiger partial charge in [0.1, 0.15) is 5.82 Å². The molecular weight excluding hydrogens is 458 g/mol. The molecule has 35 heavy (non-hydrogen) atoms. The Kier molecular flexibility index (Phi) is 6.48. The fraction of sp³-hybridized carbons (Fsp3) is 0.409. The molecule has 0 saturated carbocycles. The number of aromatic nitrogens is 2. The van der Waals surface area contributed by atoms with E-state index in [1.165, 1.54) is 5.06 Å². The molecule has 1 unspecified atom stereocenters. The Morgan fingerprint density at radius 1 is 1.17 bits per heavy atom. The van der Waals surface area contributed by atoms with Gasteiger partial charge in [0.15, 0.2) is 11.5 Å². The van der Waals surface area contributed by atoms with Gasteiger partial charge >= 0.3 is 6.16 Å². The van der Waals surface area contributed by atoms with E-state index in [1.807, 2.05) is 28.0 Å². The maximum absolute atomic E-state index is 12.9. The van der Waals surface area contributed by atoms with E-state index in [2.05, 4.69) is 20.3 Å². The lowest BCUT2D eigenvalue weighted by Gasteiger charge is -2.40. The molecule has 3 aliphatic rings. The third-order valence-electron chi connectivity index (χ3n) is 5.87. The minimum atomic E-state index is -1.39. The molecule has 13 heteroatoms. The van der Waals surface area contributed by atoms with Crippen LogP contribution in [0.4, 0.5) is 16.6 Å². The summed E-state index contributed by atoms with van der Waals surface area (Å²) in [7, 11) is 0. The number of carbonyl (C=O) groups is 2. The van der Waals surface area contributed by atoms with Gasteiger partial charge in [-0.1, -0.05) is 6.07 Å². The zero-order valence-corrected chi connectivity index (χ0v) is 18.9. The molecule has 0 aliphatic carbocycles. The molecule has 1 fully saturated rings. The molecule has 4 heterocycles. The third-order valence-corrected chi connectivity index (χ3v) is 5.87. The van der Waals surface area contributed by atoms with Crippen molar-refractivity contribution in [1.29, 1.82) is 0 Å². The van der Waals surface area contributed by atoms with Crippen LogP contribution in [0, 0.1) is 0 Å². The van der Waals surface area contributed by atoms with E-state index in [4.69, 9.17) is 19.4 Å². The number of hydrogen-bond donors (Lipinski definition) is 2. The van der Waals surface area contributed by atoms with Gasteiger partial charge in [-0.2, -0.15) is 4.98 Å². The van der Waals surface area contributed by atoms with Crippen molar-refractivity contribution in [3.05, 3.63) is 36.0 Å². The Balaban J connectivity index is 1.27. The van der Waals surface area contributed by atoms with Gasteiger partial charge in [0, 0.05) is 32.3 Å². The summed E-state index contributed by atoms with van der Waals surface area (Å²) in [6.45, 7) is 2.88. The molecule has 0 radical (unpaired) electrons. The number of nitrogens with zero attached hydrogens (tertiary/aromatic N) is 6. The molecule has 1 amide bonds. The van der Waals surface area contributed by atoms with Crippen LogP contribution in [-0.4, -0.2) is 84.1 Å². The number of nitrogens with one attached hydrogen (secondary N) is 1. The fourth-order valence-corrected chi connectivity index (χ4v) is 4.20.